The van der Waals surface area contributed by atoms with Crippen LogP contribution in [0, 0.1) is 6.92 Å². The largest absolute Gasteiger partial charge is 0.295 e. The van der Waals surface area contributed by atoms with E-state index in [1.165, 1.54) is 70.5 Å². The van der Waals surface area contributed by atoms with Crippen molar-refractivity contribution in [3.8, 4) is 28.2 Å². The Morgan fingerprint density at radius 1 is 0.676 bits per heavy atom. The van der Waals surface area contributed by atoms with Gasteiger partial charge in [-0.2, -0.15) is 4.57 Å². The number of aryl methyl sites for hydroxylation is 2. The zero-order chi connectivity index (χ0) is 25.4. The molecule has 5 aromatic rings. The van der Waals surface area contributed by atoms with E-state index in [2.05, 4.69) is 128 Å². The van der Waals surface area contributed by atoms with Gasteiger partial charge < -0.3 is 0 Å². The van der Waals surface area contributed by atoms with Gasteiger partial charge in [0.2, 0.25) is 0 Å². The summed E-state index contributed by atoms with van der Waals surface area (Å²) in [7, 11) is 2.19. The average molecular weight is 484 g/mol. The molecule has 37 heavy (non-hydrogen) atoms. The molecule has 2 bridgehead atoms. The molecule has 0 atom stereocenters. The fourth-order valence-electron chi connectivity index (χ4n) is 7.23. The molecule has 0 radical (unpaired) electrons. The fraction of sp³-hybridized carbons (Fsp3) is 0.286. The third kappa shape index (κ3) is 3.21. The number of rotatable bonds is 3. The maximum absolute atomic E-state index is 2.53. The van der Waals surface area contributed by atoms with Crippen molar-refractivity contribution in [3.05, 3.63) is 108 Å². The van der Waals surface area contributed by atoms with Crippen molar-refractivity contribution < 1.29 is 4.57 Å². The monoisotopic (exact) mass is 483 g/mol. The van der Waals surface area contributed by atoms with E-state index < -0.39 is 0 Å². The quantitative estimate of drug-likeness (QED) is 0.229. The Bertz CT molecular complexity index is 1680. The van der Waals surface area contributed by atoms with Gasteiger partial charge in [0.25, 0.3) is 5.82 Å². The number of para-hydroxylation sites is 3. The lowest BCUT2D eigenvalue weighted by Crippen LogP contribution is -2.44. The van der Waals surface area contributed by atoms with Gasteiger partial charge in [-0.05, 0) is 90.0 Å². The Hall–Kier alpha value is -3.65. The predicted octanol–water partition coefficient (Wildman–Crippen LogP) is 8.20. The highest BCUT2D eigenvalue weighted by Gasteiger charge is 2.47. The molecule has 0 saturated heterocycles. The molecule has 0 unspecified atom stereocenters. The predicted molar refractivity (Wildman–Crippen MR) is 153 cm³/mol. The summed E-state index contributed by atoms with van der Waals surface area (Å²) in [5.74, 6) is 1.21. The summed E-state index contributed by atoms with van der Waals surface area (Å²) in [5.41, 5.74) is 12.7. The Morgan fingerprint density at radius 3 is 2.05 bits per heavy atom. The second-order valence-electron chi connectivity index (χ2n) is 11.9. The summed E-state index contributed by atoms with van der Waals surface area (Å²) in [6, 6.07) is 33.8. The number of benzene rings is 4. The van der Waals surface area contributed by atoms with E-state index in [1.807, 2.05) is 0 Å². The van der Waals surface area contributed by atoms with Crippen LogP contribution in [-0.2, 0) is 17.9 Å². The van der Waals surface area contributed by atoms with Crippen LogP contribution in [0.2, 0.25) is 0 Å². The highest BCUT2D eigenvalue weighted by molar-refractivity contribution is 5.84. The maximum atomic E-state index is 2.53. The van der Waals surface area contributed by atoms with Crippen molar-refractivity contribution in [2.24, 2.45) is 7.05 Å². The first kappa shape index (κ1) is 22.5. The van der Waals surface area contributed by atoms with Crippen molar-refractivity contribution in [1.82, 2.24) is 4.57 Å². The molecule has 3 aliphatic carbocycles. The van der Waals surface area contributed by atoms with E-state index in [0.29, 0.717) is 10.8 Å². The van der Waals surface area contributed by atoms with E-state index in [0.717, 1.165) is 0 Å². The molecule has 1 heterocycles. The number of hydrogen-bond acceptors (Lipinski definition) is 0. The summed E-state index contributed by atoms with van der Waals surface area (Å²) in [6.45, 7) is 7.19. The first-order valence-corrected chi connectivity index (χ1v) is 13.7. The number of aromatic nitrogens is 2. The fourth-order valence-corrected chi connectivity index (χ4v) is 7.23. The lowest BCUT2D eigenvalue weighted by atomic mass is 9.52. The minimum atomic E-state index is 0.303. The van der Waals surface area contributed by atoms with E-state index >= 15 is 0 Å². The molecule has 0 aliphatic heterocycles. The lowest BCUT2D eigenvalue weighted by Gasteiger charge is -2.52. The molecule has 4 aromatic carbocycles. The Morgan fingerprint density at radius 2 is 1.30 bits per heavy atom. The van der Waals surface area contributed by atoms with Crippen LogP contribution < -0.4 is 4.57 Å². The normalized spacial score (nSPS) is 22.4. The molecule has 3 aliphatic rings. The lowest BCUT2D eigenvalue weighted by molar-refractivity contribution is -0.633. The maximum Gasteiger partial charge on any atom is 0.295 e. The minimum absolute atomic E-state index is 0.303. The van der Waals surface area contributed by atoms with Crippen molar-refractivity contribution in [3.63, 3.8) is 0 Å². The minimum Gasteiger partial charge on any atom is -0.225 e. The number of fused-ring (bicyclic) bond motifs is 3. The van der Waals surface area contributed by atoms with Crippen molar-refractivity contribution in [1.29, 1.82) is 0 Å². The third-order valence-corrected chi connectivity index (χ3v) is 9.63. The van der Waals surface area contributed by atoms with E-state index in [4.69, 9.17) is 0 Å². The Kier molecular flexibility index (Phi) is 4.83. The number of hydrogen-bond donors (Lipinski definition) is 0. The molecule has 0 amide bonds. The molecular weight excluding hydrogens is 448 g/mol. The molecule has 2 heteroatoms. The zero-order valence-electron chi connectivity index (χ0n) is 22.4. The average Bonchev–Trinajstić information content (AvgIpc) is 3.22. The van der Waals surface area contributed by atoms with Crippen LogP contribution in [0.3, 0.4) is 0 Å². The second-order valence-corrected chi connectivity index (χ2v) is 11.9. The van der Waals surface area contributed by atoms with Crippen LogP contribution in [0.15, 0.2) is 91.0 Å². The first-order valence-electron chi connectivity index (χ1n) is 13.7. The molecule has 2 nitrogen and oxygen atoms in total. The molecule has 1 aromatic heterocycles. The van der Waals surface area contributed by atoms with Gasteiger partial charge in [0, 0.05) is 5.56 Å². The van der Waals surface area contributed by atoms with Gasteiger partial charge in [0.1, 0.15) is 5.69 Å². The molecular formula is C35H35N2+. The van der Waals surface area contributed by atoms with Gasteiger partial charge in [-0.15, -0.1) is 0 Å². The number of imidazole rings is 1. The van der Waals surface area contributed by atoms with Gasteiger partial charge >= 0.3 is 0 Å². The molecule has 0 spiro atoms. The third-order valence-electron chi connectivity index (χ3n) is 9.63. The first-order chi connectivity index (χ1) is 17.9. The van der Waals surface area contributed by atoms with Gasteiger partial charge in [0.15, 0.2) is 11.0 Å². The smallest absolute Gasteiger partial charge is 0.225 e. The SMILES string of the molecule is Cc1ccccc1-c1n(-c2ccccc2-c2ccc3c(c2)C2(C)CCC3(C)CC2)c2ccccc2[n+]1C. The summed E-state index contributed by atoms with van der Waals surface area (Å²) in [4.78, 5) is 0. The highest BCUT2D eigenvalue weighted by Crippen LogP contribution is 2.56. The summed E-state index contributed by atoms with van der Waals surface area (Å²) in [5, 5.41) is 0. The van der Waals surface area contributed by atoms with E-state index in [9.17, 15) is 0 Å². The van der Waals surface area contributed by atoms with Crippen molar-refractivity contribution in [2.75, 3.05) is 0 Å². The van der Waals surface area contributed by atoms with Crippen molar-refractivity contribution in [2.45, 2.75) is 57.3 Å². The van der Waals surface area contributed by atoms with Gasteiger partial charge in [-0.1, -0.05) is 80.6 Å². The Labute approximate surface area is 220 Å². The summed E-state index contributed by atoms with van der Waals surface area (Å²) >= 11 is 0. The Balaban J connectivity index is 1.50. The topological polar surface area (TPSA) is 8.81 Å². The van der Waals surface area contributed by atoms with Crippen molar-refractivity contribution >= 4 is 11.0 Å². The van der Waals surface area contributed by atoms with Gasteiger partial charge in [-0.25, -0.2) is 4.57 Å². The van der Waals surface area contributed by atoms with Crippen LogP contribution in [0.5, 0.6) is 0 Å². The standard InChI is InChI=1S/C35H35N2/c1-24-11-5-6-12-26(24)33-36(4)31-15-9-10-16-32(31)37(33)30-14-8-7-13-27(30)25-17-18-28-29(23-25)35(3)21-19-34(28,2)20-22-35/h5-18,23H,19-22H2,1-4H3/q+1. The van der Waals surface area contributed by atoms with Crippen LogP contribution in [0.1, 0.15) is 56.2 Å². The molecule has 184 valence electrons. The molecule has 1 saturated carbocycles. The van der Waals surface area contributed by atoms with Gasteiger partial charge in [0.05, 0.1) is 12.6 Å². The summed E-state index contributed by atoms with van der Waals surface area (Å²) in [6.07, 6.45) is 5.24. The van der Waals surface area contributed by atoms with Crippen LogP contribution >= 0.6 is 0 Å². The van der Waals surface area contributed by atoms with Crippen LogP contribution in [0.4, 0.5) is 0 Å². The molecule has 1 fully saturated rings. The highest BCUT2D eigenvalue weighted by atomic mass is 15.2. The van der Waals surface area contributed by atoms with E-state index in [-0.39, 0.29) is 0 Å². The number of nitrogens with zero attached hydrogens (tertiary/aromatic N) is 2. The molecule has 0 N–H and O–H groups in total. The van der Waals surface area contributed by atoms with E-state index in [1.54, 1.807) is 11.1 Å². The van der Waals surface area contributed by atoms with Crippen LogP contribution in [-0.4, -0.2) is 4.57 Å². The van der Waals surface area contributed by atoms with Gasteiger partial charge in [-0.3, -0.25) is 0 Å². The molecule has 8 rings (SSSR count). The second kappa shape index (κ2) is 7.92. The zero-order valence-corrected chi connectivity index (χ0v) is 22.4. The summed E-state index contributed by atoms with van der Waals surface area (Å²) < 4.78 is 4.82. The van der Waals surface area contributed by atoms with Crippen LogP contribution in [0.25, 0.3) is 39.2 Å².